The summed E-state index contributed by atoms with van der Waals surface area (Å²) in [6.07, 6.45) is -0.00158. The normalized spacial score (nSPS) is 22.5. The van der Waals surface area contributed by atoms with Crippen LogP contribution in [0.1, 0.15) is 51.0 Å². The molecular weight excluding hydrogens is 576 g/mol. The van der Waals surface area contributed by atoms with Crippen LogP contribution in [-0.4, -0.2) is 117 Å². The van der Waals surface area contributed by atoms with E-state index in [0.717, 1.165) is 6.42 Å². The van der Waals surface area contributed by atoms with Gasteiger partial charge >= 0.3 is 5.97 Å². The molecule has 2 saturated heterocycles. The zero-order valence-electron chi connectivity index (χ0n) is 24.8. The maximum absolute atomic E-state index is 13.4. The van der Waals surface area contributed by atoms with E-state index in [1.54, 1.807) is 0 Å². The molecule has 0 spiro atoms. The van der Waals surface area contributed by atoms with Gasteiger partial charge in [-0.05, 0) is 69.8 Å². The summed E-state index contributed by atoms with van der Waals surface area (Å²) in [5.74, 6) is -4.08. The molecule has 1 aromatic carbocycles. The lowest BCUT2D eigenvalue weighted by Crippen LogP contribution is -2.60. The molecular formula is C29H44N6O9. The molecule has 0 unspecified atom stereocenters. The lowest BCUT2D eigenvalue weighted by molar-refractivity contribution is -0.143. The van der Waals surface area contributed by atoms with Gasteiger partial charge in [-0.3, -0.25) is 19.2 Å². The third kappa shape index (κ3) is 9.61. The van der Waals surface area contributed by atoms with Crippen LogP contribution in [0.5, 0.6) is 5.75 Å². The molecule has 3 rings (SSSR count). The van der Waals surface area contributed by atoms with Gasteiger partial charge in [-0.25, -0.2) is 4.79 Å². The molecule has 0 aromatic heterocycles. The molecule has 2 heterocycles. The zero-order valence-corrected chi connectivity index (χ0v) is 24.8. The van der Waals surface area contributed by atoms with Gasteiger partial charge < -0.3 is 52.3 Å². The Balaban J connectivity index is 1.76. The molecule has 44 heavy (non-hydrogen) atoms. The standard InChI is InChI=1S/C29H44N6O9/c1-16(36)24(34-26(40)23-14-19(38)15-35(23)28(42)20-6-4-12-31-20)27(41)33-22(13-17-7-9-18(37)10-8-17)25(39)32-21(29(43)44)5-2-3-11-30/h7-10,16,19-24,31,36-38H,2-6,11-15,30H2,1H3,(H,32,39)(H,33,41)(H,34,40)(H,43,44)/t16-,19-,20+,21+,22+,23+,24+/m1/s1. The Kier molecular flexibility index (Phi) is 12.9. The average Bonchev–Trinajstić information content (AvgIpc) is 3.65. The van der Waals surface area contributed by atoms with E-state index in [0.29, 0.717) is 37.9 Å². The van der Waals surface area contributed by atoms with Crippen molar-refractivity contribution in [1.29, 1.82) is 0 Å². The maximum Gasteiger partial charge on any atom is 0.326 e. The van der Waals surface area contributed by atoms with Crippen molar-refractivity contribution in [2.75, 3.05) is 19.6 Å². The highest BCUT2D eigenvalue weighted by atomic mass is 16.4. The van der Waals surface area contributed by atoms with Crippen LogP contribution in [0.3, 0.4) is 0 Å². The number of hydrogen-bond acceptors (Lipinski definition) is 10. The number of nitrogens with zero attached hydrogens (tertiary/aromatic N) is 1. The van der Waals surface area contributed by atoms with Crippen molar-refractivity contribution in [3.05, 3.63) is 29.8 Å². The molecule has 244 valence electrons. The summed E-state index contributed by atoms with van der Waals surface area (Å²) in [6, 6.07) is 0.184. The molecule has 0 radical (unpaired) electrons. The fourth-order valence-electron chi connectivity index (χ4n) is 5.42. The van der Waals surface area contributed by atoms with Crippen LogP contribution in [0.15, 0.2) is 24.3 Å². The van der Waals surface area contributed by atoms with E-state index >= 15 is 0 Å². The van der Waals surface area contributed by atoms with Gasteiger partial charge in [0.05, 0.1) is 18.2 Å². The molecule has 10 N–H and O–H groups in total. The highest BCUT2D eigenvalue weighted by Crippen LogP contribution is 2.22. The van der Waals surface area contributed by atoms with E-state index in [4.69, 9.17) is 5.73 Å². The molecule has 15 nitrogen and oxygen atoms in total. The minimum atomic E-state index is -1.54. The number of carboxylic acid groups (broad SMARTS) is 1. The Morgan fingerprint density at radius 2 is 1.73 bits per heavy atom. The number of aliphatic carboxylic acids is 1. The van der Waals surface area contributed by atoms with Crippen LogP contribution in [0, 0.1) is 0 Å². The molecule has 2 fully saturated rings. The number of β-amino-alcohol motifs (C(OH)–C–C–N with tert-alkyl or cyclic N) is 1. The summed E-state index contributed by atoms with van der Waals surface area (Å²) in [5.41, 5.74) is 6.02. The summed E-state index contributed by atoms with van der Waals surface area (Å²) in [7, 11) is 0. The number of rotatable bonds is 15. The number of aliphatic hydroxyl groups excluding tert-OH is 2. The van der Waals surface area contributed by atoms with Gasteiger partial charge in [-0.2, -0.15) is 0 Å². The number of unbranched alkanes of at least 4 members (excludes halogenated alkanes) is 1. The highest BCUT2D eigenvalue weighted by Gasteiger charge is 2.43. The van der Waals surface area contributed by atoms with E-state index in [9.17, 15) is 44.4 Å². The number of aromatic hydroxyl groups is 1. The van der Waals surface area contributed by atoms with Crippen molar-refractivity contribution in [3.8, 4) is 5.75 Å². The number of hydrogen-bond donors (Lipinski definition) is 9. The van der Waals surface area contributed by atoms with Gasteiger partial charge in [-0.1, -0.05) is 12.1 Å². The molecule has 1 aromatic rings. The molecule has 0 aliphatic carbocycles. The SMILES string of the molecule is C[C@@H](O)[C@H](NC(=O)[C@@H]1C[C@@H](O)CN1C(=O)[C@@H]1CCCN1)C(=O)N[C@@H](Cc1ccc(O)cc1)C(=O)N[C@@H](CCCCN)C(=O)O. The molecule has 0 saturated carbocycles. The second kappa shape index (κ2) is 16.3. The van der Waals surface area contributed by atoms with E-state index in [2.05, 4.69) is 21.3 Å². The smallest absolute Gasteiger partial charge is 0.326 e. The molecule has 7 atom stereocenters. The van der Waals surface area contributed by atoms with Crippen LogP contribution in [0.25, 0.3) is 0 Å². The quantitative estimate of drug-likeness (QED) is 0.0944. The predicted octanol–water partition coefficient (Wildman–Crippen LogP) is -2.30. The number of phenolic OH excluding ortho intramolecular Hbond substituents is 1. The van der Waals surface area contributed by atoms with Crippen LogP contribution in [-0.2, 0) is 30.4 Å². The number of carbonyl (C=O) groups is 5. The Morgan fingerprint density at radius 3 is 2.32 bits per heavy atom. The van der Waals surface area contributed by atoms with Gasteiger partial charge in [-0.15, -0.1) is 0 Å². The molecule has 0 bridgehead atoms. The summed E-state index contributed by atoms with van der Waals surface area (Å²) in [6.45, 7) is 2.24. The molecule has 2 aliphatic rings. The number of benzene rings is 1. The van der Waals surface area contributed by atoms with E-state index in [-0.39, 0.29) is 37.5 Å². The van der Waals surface area contributed by atoms with Gasteiger partial charge in [0.25, 0.3) is 0 Å². The van der Waals surface area contributed by atoms with Gasteiger partial charge in [0, 0.05) is 19.4 Å². The van der Waals surface area contributed by atoms with Crippen LogP contribution in [0.2, 0.25) is 0 Å². The molecule has 15 heteroatoms. The monoisotopic (exact) mass is 620 g/mol. The Bertz CT molecular complexity index is 1160. The Hall–Kier alpha value is -3.79. The molecule has 2 aliphatic heterocycles. The lowest BCUT2D eigenvalue weighted by atomic mass is 10.0. The first-order valence-electron chi connectivity index (χ1n) is 14.9. The summed E-state index contributed by atoms with van der Waals surface area (Å²) in [4.78, 5) is 66.2. The van der Waals surface area contributed by atoms with E-state index in [1.165, 1.54) is 36.1 Å². The first kappa shape index (κ1) is 34.7. The zero-order chi connectivity index (χ0) is 32.4. The largest absolute Gasteiger partial charge is 0.508 e. The van der Waals surface area contributed by atoms with Crippen LogP contribution < -0.4 is 27.0 Å². The Labute approximate surface area is 255 Å². The van der Waals surface area contributed by atoms with Crippen molar-refractivity contribution >= 4 is 29.6 Å². The number of carbonyl (C=O) groups excluding carboxylic acids is 4. The van der Waals surface area contributed by atoms with E-state index < -0.39 is 66.1 Å². The number of nitrogens with one attached hydrogen (secondary N) is 4. The topological polar surface area (TPSA) is 244 Å². The van der Waals surface area contributed by atoms with Crippen molar-refractivity contribution in [3.63, 3.8) is 0 Å². The minimum Gasteiger partial charge on any atom is -0.508 e. The number of nitrogens with two attached hydrogens (primary N) is 1. The summed E-state index contributed by atoms with van der Waals surface area (Å²) in [5, 5.41) is 50.5. The highest BCUT2D eigenvalue weighted by molar-refractivity contribution is 5.96. The van der Waals surface area contributed by atoms with Gasteiger partial charge in [0.15, 0.2) is 0 Å². The van der Waals surface area contributed by atoms with Crippen LogP contribution in [0.4, 0.5) is 0 Å². The summed E-state index contributed by atoms with van der Waals surface area (Å²) >= 11 is 0. The second-order valence-electron chi connectivity index (χ2n) is 11.4. The maximum atomic E-state index is 13.4. The average molecular weight is 621 g/mol. The first-order chi connectivity index (χ1) is 20.9. The fourth-order valence-corrected chi connectivity index (χ4v) is 5.42. The lowest BCUT2D eigenvalue weighted by Gasteiger charge is -2.29. The number of amides is 4. The minimum absolute atomic E-state index is 0.0187. The fraction of sp³-hybridized carbons (Fsp3) is 0.621. The number of likely N-dealkylation sites (tertiary alicyclic amines) is 1. The van der Waals surface area contributed by atoms with Crippen molar-refractivity contribution < 1.29 is 44.4 Å². The third-order valence-corrected chi connectivity index (χ3v) is 7.86. The van der Waals surface area contributed by atoms with Crippen molar-refractivity contribution in [2.45, 2.75) is 94.3 Å². The van der Waals surface area contributed by atoms with Crippen molar-refractivity contribution in [2.24, 2.45) is 5.73 Å². The third-order valence-electron chi connectivity index (χ3n) is 7.86. The van der Waals surface area contributed by atoms with Crippen molar-refractivity contribution in [1.82, 2.24) is 26.2 Å². The second-order valence-corrected chi connectivity index (χ2v) is 11.4. The van der Waals surface area contributed by atoms with Gasteiger partial charge in [0.1, 0.15) is 29.9 Å². The first-order valence-corrected chi connectivity index (χ1v) is 14.9. The number of carboxylic acids is 1. The molecule has 4 amide bonds. The number of phenols is 1. The van der Waals surface area contributed by atoms with E-state index in [1.807, 2.05) is 0 Å². The Morgan fingerprint density at radius 1 is 1.05 bits per heavy atom. The summed E-state index contributed by atoms with van der Waals surface area (Å²) < 4.78 is 0. The predicted molar refractivity (Wildman–Crippen MR) is 157 cm³/mol. The van der Waals surface area contributed by atoms with Gasteiger partial charge in [0.2, 0.25) is 23.6 Å². The number of aliphatic hydroxyl groups is 2. The van der Waals surface area contributed by atoms with Crippen LogP contribution >= 0.6 is 0 Å².